The second-order valence-corrected chi connectivity index (χ2v) is 5.84. The van der Waals surface area contributed by atoms with Gasteiger partial charge in [0.05, 0.1) is 11.6 Å². The topological polar surface area (TPSA) is 60.3 Å². The van der Waals surface area contributed by atoms with E-state index in [-0.39, 0.29) is 24.0 Å². The number of halogens is 1. The number of nitrogens with zero attached hydrogens (tertiary/aromatic N) is 1. The monoisotopic (exact) mass is 320 g/mol. The lowest BCUT2D eigenvalue weighted by Gasteiger charge is -2.13. The largest absolute Gasteiger partial charge is 0.376 e. The summed E-state index contributed by atoms with van der Waals surface area (Å²) >= 11 is 5.93. The van der Waals surface area contributed by atoms with Gasteiger partial charge in [-0.1, -0.05) is 11.6 Å². The summed E-state index contributed by atoms with van der Waals surface area (Å²) in [5.74, 6) is -0.101. The van der Waals surface area contributed by atoms with Crippen LogP contribution in [0.3, 0.4) is 0 Å². The third-order valence-corrected chi connectivity index (χ3v) is 4.04. The molecule has 0 radical (unpaired) electrons. The lowest BCUT2D eigenvalue weighted by molar-refractivity contribution is -0.122. The molecule has 1 aromatic heterocycles. The van der Waals surface area contributed by atoms with Gasteiger partial charge in [0, 0.05) is 35.8 Å². The van der Waals surface area contributed by atoms with Gasteiger partial charge in [0.1, 0.15) is 6.54 Å². The predicted molar refractivity (Wildman–Crippen MR) is 85.2 cm³/mol. The first-order valence-electron chi connectivity index (χ1n) is 7.30. The van der Waals surface area contributed by atoms with Gasteiger partial charge in [-0.3, -0.25) is 9.59 Å². The molecule has 6 heteroatoms. The molecule has 2 heterocycles. The summed E-state index contributed by atoms with van der Waals surface area (Å²) in [5, 5.41) is 3.90. The number of hydrogen-bond donors (Lipinski definition) is 1. The summed E-state index contributed by atoms with van der Waals surface area (Å²) in [6.45, 7) is 1.46. The second-order valence-electron chi connectivity index (χ2n) is 5.41. The Hall–Kier alpha value is -1.85. The smallest absolute Gasteiger partial charge is 0.240 e. The molecule has 1 saturated heterocycles. The van der Waals surface area contributed by atoms with E-state index in [2.05, 4.69) is 5.32 Å². The highest BCUT2D eigenvalue weighted by Gasteiger charge is 2.16. The molecule has 0 saturated carbocycles. The minimum absolute atomic E-state index is 0.101. The van der Waals surface area contributed by atoms with Gasteiger partial charge in [0.15, 0.2) is 5.43 Å². The van der Waals surface area contributed by atoms with Gasteiger partial charge in [0.25, 0.3) is 0 Å². The third kappa shape index (κ3) is 3.31. The van der Waals surface area contributed by atoms with Gasteiger partial charge in [-0.05, 0) is 31.0 Å². The zero-order valence-electron chi connectivity index (χ0n) is 12.0. The molecule has 22 heavy (non-hydrogen) atoms. The van der Waals surface area contributed by atoms with Crippen LogP contribution >= 0.6 is 11.6 Å². The second kappa shape index (κ2) is 6.50. The first kappa shape index (κ1) is 15.1. The van der Waals surface area contributed by atoms with E-state index in [9.17, 15) is 9.59 Å². The van der Waals surface area contributed by atoms with Crippen molar-refractivity contribution in [3.63, 3.8) is 0 Å². The van der Waals surface area contributed by atoms with E-state index in [1.165, 1.54) is 6.07 Å². The van der Waals surface area contributed by atoms with Crippen molar-refractivity contribution in [2.24, 2.45) is 0 Å². The van der Waals surface area contributed by atoms with Crippen molar-refractivity contribution in [2.75, 3.05) is 13.2 Å². The maximum absolute atomic E-state index is 12.1. The average molecular weight is 321 g/mol. The molecule has 1 N–H and O–H groups in total. The third-order valence-electron chi connectivity index (χ3n) is 3.80. The highest BCUT2D eigenvalue weighted by Crippen LogP contribution is 2.16. The highest BCUT2D eigenvalue weighted by molar-refractivity contribution is 6.31. The van der Waals surface area contributed by atoms with Crippen LogP contribution in [-0.4, -0.2) is 29.7 Å². The summed E-state index contributed by atoms with van der Waals surface area (Å²) in [5.41, 5.74) is 0.595. The SMILES string of the molecule is O=C(Cn1ccc(=O)c2cc(Cl)ccc21)NC[C@@H]1CCCO1. The van der Waals surface area contributed by atoms with Crippen LogP contribution in [0.25, 0.3) is 10.9 Å². The van der Waals surface area contributed by atoms with Crippen molar-refractivity contribution in [3.05, 3.63) is 45.7 Å². The average Bonchev–Trinajstić information content (AvgIpc) is 3.02. The van der Waals surface area contributed by atoms with E-state index in [1.807, 2.05) is 0 Å². The summed E-state index contributed by atoms with van der Waals surface area (Å²) in [6, 6.07) is 6.54. The van der Waals surface area contributed by atoms with Crippen LogP contribution in [0.5, 0.6) is 0 Å². The molecule has 1 aromatic carbocycles. The van der Waals surface area contributed by atoms with E-state index in [0.717, 1.165) is 19.4 Å². The Bertz CT molecular complexity index is 751. The van der Waals surface area contributed by atoms with Crippen molar-refractivity contribution in [1.82, 2.24) is 9.88 Å². The van der Waals surface area contributed by atoms with Crippen LogP contribution in [0.1, 0.15) is 12.8 Å². The molecule has 3 rings (SSSR count). The van der Waals surface area contributed by atoms with E-state index < -0.39 is 0 Å². The molecule has 0 unspecified atom stereocenters. The lowest BCUT2D eigenvalue weighted by atomic mass is 10.2. The van der Waals surface area contributed by atoms with E-state index >= 15 is 0 Å². The molecular formula is C16H17ClN2O3. The number of ether oxygens (including phenoxy) is 1. The highest BCUT2D eigenvalue weighted by atomic mass is 35.5. The van der Waals surface area contributed by atoms with Crippen LogP contribution in [0.4, 0.5) is 0 Å². The molecule has 0 aliphatic carbocycles. The fourth-order valence-corrected chi connectivity index (χ4v) is 2.84. The van der Waals surface area contributed by atoms with Gasteiger partial charge in [-0.2, -0.15) is 0 Å². The molecule has 1 atom stereocenters. The molecule has 1 amide bonds. The van der Waals surface area contributed by atoms with Crippen molar-refractivity contribution in [1.29, 1.82) is 0 Å². The summed E-state index contributed by atoms with van der Waals surface area (Å²) in [4.78, 5) is 24.0. The predicted octanol–water partition coefficient (Wildman–Crippen LogP) is 1.95. The zero-order valence-corrected chi connectivity index (χ0v) is 12.8. The minimum atomic E-state index is -0.103. The first-order chi connectivity index (χ1) is 10.6. The van der Waals surface area contributed by atoms with E-state index in [1.54, 1.807) is 29.0 Å². The number of pyridine rings is 1. The Morgan fingerprint density at radius 1 is 1.41 bits per heavy atom. The number of rotatable bonds is 4. The summed E-state index contributed by atoms with van der Waals surface area (Å²) < 4.78 is 7.22. The van der Waals surface area contributed by atoms with Crippen molar-refractivity contribution in [2.45, 2.75) is 25.5 Å². The van der Waals surface area contributed by atoms with Gasteiger partial charge in [0.2, 0.25) is 5.91 Å². The Labute approximate surface area is 132 Å². The van der Waals surface area contributed by atoms with Gasteiger partial charge in [-0.25, -0.2) is 0 Å². The number of carbonyl (C=O) groups excluding carboxylic acids is 1. The fraction of sp³-hybridized carbons (Fsp3) is 0.375. The number of carbonyl (C=O) groups is 1. The first-order valence-corrected chi connectivity index (χ1v) is 7.68. The number of fused-ring (bicyclic) bond motifs is 1. The molecule has 5 nitrogen and oxygen atoms in total. The molecule has 116 valence electrons. The Kier molecular flexibility index (Phi) is 4.45. The van der Waals surface area contributed by atoms with Gasteiger partial charge in [-0.15, -0.1) is 0 Å². The van der Waals surface area contributed by atoms with Crippen LogP contribution in [-0.2, 0) is 16.1 Å². The van der Waals surface area contributed by atoms with E-state index in [0.29, 0.717) is 22.5 Å². The normalized spacial score (nSPS) is 17.8. The zero-order chi connectivity index (χ0) is 15.5. The van der Waals surface area contributed by atoms with Crippen LogP contribution in [0.2, 0.25) is 5.02 Å². The van der Waals surface area contributed by atoms with Gasteiger partial charge >= 0.3 is 0 Å². The maximum atomic E-state index is 12.1. The number of amides is 1. The quantitative estimate of drug-likeness (QED) is 0.936. The van der Waals surface area contributed by atoms with Crippen molar-refractivity contribution in [3.8, 4) is 0 Å². The maximum Gasteiger partial charge on any atom is 0.240 e. The molecule has 1 aliphatic rings. The Balaban J connectivity index is 1.74. The summed E-state index contributed by atoms with van der Waals surface area (Å²) in [6.07, 6.45) is 3.78. The van der Waals surface area contributed by atoms with Crippen molar-refractivity contribution >= 4 is 28.4 Å². The number of hydrogen-bond acceptors (Lipinski definition) is 3. The molecular weight excluding hydrogens is 304 g/mol. The standard InChI is InChI=1S/C16H17ClN2O3/c17-11-3-4-14-13(8-11)15(20)5-6-19(14)10-16(21)18-9-12-2-1-7-22-12/h3-6,8,12H,1-2,7,9-10H2,(H,18,21)/t12-/m0/s1. The Morgan fingerprint density at radius 2 is 2.27 bits per heavy atom. The fourth-order valence-electron chi connectivity index (χ4n) is 2.67. The summed E-state index contributed by atoms with van der Waals surface area (Å²) in [7, 11) is 0. The molecule has 1 aliphatic heterocycles. The minimum Gasteiger partial charge on any atom is -0.376 e. The number of aromatic nitrogens is 1. The molecule has 0 bridgehead atoms. The Morgan fingerprint density at radius 3 is 3.05 bits per heavy atom. The molecule has 1 fully saturated rings. The van der Waals surface area contributed by atoms with Crippen LogP contribution < -0.4 is 10.7 Å². The van der Waals surface area contributed by atoms with Crippen LogP contribution in [0, 0.1) is 0 Å². The van der Waals surface area contributed by atoms with Gasteiger partial charge < -0.3 is 14.6 Å². The number of nitrogens with one attached hydrogen (secondary N) is 1. The van der Waals surface area contributed by atoms with E-state index in [4.69, 9.17) is 16.3 Å². The number of benzene rings is 1. The lowest BCUT2D eigenvalue weighted by Crippen LogP contribution is -2.34. The van der Waals surface area contributed by atoms with Crippen LogP contribution in [0.15, 0.2) is 35.3 Å². The van der Waals surface area contributed by atoms with Crippen molar-refractivity contribution < 1.29 is 9.53 Å². The molecule has 2 aromatic rings. The molecule has 0 spiro atoms.